The Balaban J connectivity index is 1.60. The summed E-state index contributed by atoms with van der Waals surface area (Å²) in [6.45, 7) is 2.41. The van der Waals surface area contributed by atoms with E-state index in [1.165, 1.54) is 6.07 Å². The van der Waals surface area contributed by atoms with E-state index in [1.54, 1.807) is 35.8 Å². The molecule has 1 atom stereocenters. The van der Waals surface area contributed by atoms with E-state index in [9.17, 15) is 0 Å². The number of benzene rings is 1. The van der Waals surface area contributed by atoms with Crippen molar-refractivity contribution >= 4 is 22.2 Å². The maximum atomic E-state index is 15.0. The third-order valence-corrected chi connectivity index (χ3v) is 5.35. The first-order chi connectivity index (χ1) is 15.2. The highest BCUT2D eigenvalue weighted by Crippen LogP contribution is 2.30. The molecule has 4 heterocycles. The molecule has 0 bridgehead atoms. The van der Waals surface area contributed by atoms with Crippen molar-refractivity contribution in [2.24, 2.45) is 0 Å². The van der Waals surface area contributed by atoms with Gasteiger partial charge >= 0.3 is 0 Å². The lowest BCUT2D eigenvalue weighted by molar-refractivity contribution is 0.269. The number of fused-ring (bicyclic) bond motifs is 2. The average Bonchev–Trinajstić information content (AvgIpc) is 3.42. The molecule has 1 aromatic carbocycles. The quantitative estimate of drug-likeness (QED) is 0.455. The molecule has 31 heavy (non-hydrogen) atoms. The number of nitrogens with zero attached hydrogens (tertiary/aromatic N) is 7. The highest BCUT2D eigenvalue weighted by Gasteiger charge is 2.21. The van der Waals surface area contributed by atoms with E-state index >= 15 is 4.39 Å². The molecule has 0 spiro atoms. The van der Waals surface area contributed by atoms with Gasteiger partial charge in [0.2, 0.25) is 0 Å². The Labute approximate surface area is 177 Å². The number of rotatable bonds is 6. The predicted octanol–water partition coefficient (Wildman–Crippen LogP) is 3.37. The van der Waals surface area contributed by atoms with Crippen molar-refractivity contribution < 1.29 is 9.50 Å². The zero-order valence-electron chi connectivity index (χ0n) is 16.9. The minimum absolute atomic E-state index is 0.00360. The number of aromatic nitrogens is 7. The lowest BCUT2D eigenvalue weighted by Crippen LogP contribution is -2.11. The number of aliphatic hydroxyl groups is 1. The first kappa shape index (κ1) is 19.3. The number of aliphatic hydroxyl groups excluding tert-OH is 1. The monoisotopic (exact) mass is 417 g/mol. The van der Waals surface area contributed by atoms with Crippen molar-refractivity contribution in [3.8, 4) is 11.3 Å². The second-order valence-electron chi connectivity index (χ2n) is 7.26. The Morgan fingerprint density at radius 2 is 2.06 bits per heavy atom. The minimum Gasteiger partial charge on any atom is -0.394 e. The molecular weight excluding hydrogens is 397 g/mol. The van der Waals surface area contributed by atoms with E-state index in [1.807, 2.05) is 29.7 Å². The van der Waals surface area contributed by atoms with Crippen molar-refractivity contribution in [3.05, 3.63) is 66.8 Å². The van der Waals surface area contributed by atoms with Crippen LogP contribution < -0.4 is 0 Å². The molecule has 5 rings (SSSR count). The van der Waals surface area contributed by atoms with Crippen molar-refractivity contribution in [1.29, 1.82) is 0 Å². The second-order valence-corrected chi connectivity index (χ2v) is 7.26. The summed E-state index contributed by atoms with van der Waals surface area (Å²) in [7, 11) is 0. The molecule has 0 aliphatic heterocycles. The van der Waals surface area contributed by atoms with Crippen LogP contribution in [0.25, 0.3) is 33.5 Å². The van der Waals surface area contributed by atoms with Crippen LogP contribution in [0, 0.1) is 5.82 Å². The van der Waals surface area contributed by atoms with Gasteiger partial charge in [-0.15, -0.1) is 0 Å². The molecule has 0 aliphatic rings. The molecule has 0 amide bonds. The van der Waals surface area contributed by atoms with Gasteiger partial charge in [-0.25, -0.2) is 19.3 Å². The van der Waals surface area contributed by atoms with Crippen LogP contribution in [0.5, 0.6) is 0 Å². The third-order valence-electron chi connectivity index (χ3n) is 5.35. The molecule has 1 N–H and O–H groups in total. The zero-order chi connectivity index (χ0) is 21.4. The van der Waals surface area contributed by atoms with Crippen molar-refractivity contribution in [1.82, 2.24) is 34.3 Å². The van der Waals surface area contributed by atoms with E-state index in [0.717, 1.165) is 10.9 Å². The van der Waals surface area contributed by atoms with E-state index in [2.05, 4.69) is 20.1 Å². The van der Waals surface area contributed by atoms with Gasteiger partial charge in [-0.05, 0) is 18.6 Å². The van der Waals surface area contributed by atoms with Crippen LogP contribution in [-0.2, 0) is 6.54 Å². The van der Waals surface area contributed by atoms with Gasteiger partial charge in [0, 0.05) is 35.0 Å². The summed E-state index contributed by atoms with van der Waals surface area (Å²) < 4.78 is 18.5. The van der Waals surface area contributed by atoms with Gasteiger partial charge in [0.25, 0.3) is 0 Å². The number of imidazole rings is 1. The Morgan fingerprint density at radius 3 is 2.90 bits per heavy atom. The van der Waals surface area contributed by atoms with E-state index in [-0.39, 0.29) is 18.5 Å². The van der Waals surface area contributed by atoms with E-state index in [0.29, 0.717) is 41.0 Å². The fraction of sp³-hybridized carbons (Fsp3) is 0.227. The molecule has 5 aromatic rings. The largest absolute Gasteiger partial charge is 0.394 e. The zero-order valence-corrected chi connectivity index (χ0v) is 16.9. The van der Waals surface area contributed by atoms with Crippen LogP contribution in [-0.4, -0.2) is 46.0 Å². The van der Waals surface area contributed by atoms with Gasteiger partial charge in [0.1, 0.15) is 5.82 Å². The van der Waals surface area contributed by atoms with Crippen LogP contribution in [0.1, 0.15) is 24.9 Å². The van der Waals surface area contributed by atoms with Crippen molar-refractivity contribution in [2.75, 3.05) is 6.61 Å². The van der Waals surface area contributed by atoms with E-state index < -0.39 is 0 Å². The van der Waals surface area contributed by atoms with Gasteiger partial charge in [-0.3, -0.25) is 9.67 Å². The highest BCUT2D eigenvalue weighted by atomic mass is 19.1. The molecular formula is C22H20FN7O. The summed E-state index contributed by atoms with van der Waals surface area (Å²) in [5.74, 6) is -0.311. The SMILES string of the molecule is CCC(c1cc2cccnc2cc1F)n1cnc2ncc(-c3cnn(CCO)c3)nc21. The Bertz CT molecular complexity index is 1380. The molecule has 0 aliphatic carbocycles. The topological polar surface area (TPSA) is 94.5 Å². The predicted molar refractivity (Wildman–Crippen MR) is 114 cm³/mol. The van der Waals surface area contributed by atoms with Crippen molar-refractivity contribution in [2.45, 2.75) is 25.9 Å². The molecule has 8 nitrogen and oxygen atoms in total. The summed E-state index contributed by atoms with van der Waals surface area (Å²) >= 11 is 0. The van der Waals surface area contributed by atoms with Gasteiger partial charge in [0.15, 0.2) is 11.3 Å². The maximum absolute atomic E-state index is 15.0. The molecule has 0 saturated carbocycles. The normalized spacial score (nSPS) is 12.6. The summed E-state index contributed by atoms with van der Waals surface area (Å²) in [4.78, 5) is 17.8. The van der Waals surface area contributed by atoms with E-state index in [4.69, 9.17) is 10.1 Å². The molecule has 0 fully saturated rings. The Kier molecular flexibility index (Phi) is 4.87. The lowest BCUT2D eigenvalue weighted by Gasteiger charge is -2.19. The smallest absolute Gasteiger partial charge is 0.197 e. The van der Waals surface area contributed by atoms with Gasteiger partial charge < -0.3 is 9.67 Å². The van der Waals surface area contributed by atoms with Crippen LogP contribution in [0.15, 0.2) is 55.4 Å². The maximum Gasteiger partial charge on any atom is 0.197 e. The first-order valence-electron chi connectivity index (χ1n) is 10.1. The molecule has 4 aromatic heterocycles. The minimum atomic E-state index is -0.311. The van der Waals surface area contributed by atoms with Crippen LogP contribution in [0.2, 0.25) is 0 Å². The third kappa shape index (κ3) is 3.42. The number of hydrogen-bond donors (Lipinski definition) is 1. The fourth-order valence-electron chi connectivity index (χ4n) is 3.83. The average molecular weight is 417 g/mol. The van der Waals surface area contributed by atoms with Crippen LogP contribution >= 0.6 is 0 Å². The lowest BCUT2D eigenvalue weighted by atomic mass is 10.0. The van der Waals surface area contributed by atoms with Crippen LogP contribution in [0.3, 0.4) is 0 Å². The van der Waals surface area contributed by atoms with Crippen molar-refractivity contribution in [3.63, 3.8) is 0 Å². The van der Waals surface area contributed by atoms with Gasteiger partial charge in [0.05, 0.1) is 49.1 Å². The summed E-state index contributed by atoms with van der Waals surface area (Å²) in [6.07, 6.45) is 9.09. The number of halogens is 1. The number of pyridine rings is 1. The fourth-order valence-corrected chi connectivity index (χ4v) is 3.83. The number of hydrogen-bond acceptors (Lipinski definition) is 6. The van der Waals surface area contributed by atoms with Gasteiger partial charge in [-0.2, -0.15) is 5.10 Å². The second kappa shape index (κ2) is 7.84. The molecule has 0 saturated heterocycles. The molecule has 0 radical (unpaired) electrons. The molecule has 156 valence electrons. The Hall–Kier alpha value is -3.72. The first-order valence-corrected chi connectivity index (χ1v) is 10.1. The summed E-state index contributed by atoms with van der Waals surface area (Å²) in [5, 5.41) is 14.2. The summed E-state index contributed by atoms with van der Waals surface area (Å²) in [6, 6.07) is 6.78. The van der Waals surface area contributed by atoms with Gasteiger partial charge in [-0.1, -0.05) is 13.0 Å². The Morgan fingerprint density at radius 1 is 1.16 bits per heavy atom. The highest BCUT2D eigenvalue weighted by molar-refractivity contribution is 5.79. The standard InChI is InChI=1S/C22H20FN7O/c1-2-20(16-8-14-4-3-5-24-18(14)9-17(16)23)30-13-26-21-22(30)28-19(11-25-21)15-10-27-29(12-15)6-7-31/h3-5,8-13,20,31H,2,6-7H2,1H3. The molecule has 9 heteroatoms. The molecule has 1 unspecified atom stereocenters. The van der Waals surface area contributed by atoms with Crippen LogP contribution in [0.4, 0.5) is 4.39 Å². The summed E-state index contributed by atoms with van der Waals surface area (Å²) in [5.41, 5.74) is 3.67.